The summed E-state index contributed by atoms with van der Waals surface area (Å²) >= 11 is 0. The second kappa shape index (κ2) is 4.77. The minimum absolute atomic E-state index is 0.0319. The van der Waals surface area contributed by atoms with E-state index >= 15 is 0 Å². The molecule has 4 nitrogen and oxygen atoms in total. The first kappa shape index (κ1) is 12.6. The summed E-state index contributed by atoms with van der Waals surface area (Å²) in [6, 6.07) is 1.05. The van der Waals surface area contributed by atoms with Crippen LogP contribution in [0.5, 0.6) is 0 Å². The highest BCUT2D eigenvalue weighted by Crippen LogP contribution is 2.22. The first-order valence-corrected chi connectivity index (χ1v) is 5.15. The van der Waals surface area contributed by atoms with Gasteiger partial charge in [0.2, 0.25) is 0 Å². The van der Waals surface area contributed by atoms with Gasteiger partial charge in [0.1, 0.15) is 5.82 Å². The van der Waals surface area contributed by atoms with Crippen molar-refractivity contribution in [3.63, 3.8) is 0 Å². The third-order valence-electron chi connectivity index (χ3n) is 2.45. The van der Waals surface area contributed by atoms with Crippen molar-refractivity contribution in [1.29, 1.82) is 0 Å². The molecule has 0 aliphatic rings. The van der Waals surface area contributed by atoms with E-state index in [1.54, 1.807) is 13.2 Å². The van der Waals surface area contributed by atoms with Crippen molar-refractivity contribution in [2.24, 2.45) is 7.05 Å². The van der Waals surface area contributed by atoms with Crippen molar-refractivity contribution in [1.82, 2.24) is 15.0 Å². The van der Waals surface area contributed by atoms with Crippen molar-refractivity contribution < 1.29 is 18.3 Å². The average molecular weight is 257 g/mol. The van der Waals surface area contributed by atoms with Crippen molar-refractivity contribution in [2.45, 2.75) is 12.5 Å². The van der Waals surface area contributed by atoms with Crippen LogP contribution in [0, 0.1) is 17.5 Å². The molecule has 0 saturated carbocycles. The van der Waals surface area contributed by atoms with Crippen molar-refractivity contribution >= 4 is 0 Å². The second-order valence-corrected chi connectivity index (χ2v) is 3.89. The lowest BCUT2D eigenvalue weighted by molar-refractivity contribution is 0.171. The highest BCUT2D eigenvalue weighted by molar-refractivity contribution is 5.23. The van der Waals surface area contributed by atoms with E-state index in [0.29, 0.717) is 17.8 Å². The summed E-state index contributed by atoms with van der Waals surface area (Å²) in [7, 11) is 1.64. The topological polar surface area (TPSA) is 50.9 Å². The number of aliphatic hydroxyl groups is 1. The van der Waals surface area contributed by atoms with Crippen LogP contribution >= 0.6 is 0 Å². The van der Waals surface area contributed by atoms with Gasteiger partial charge < -0.3 is 5.11 Å². The third-order valence-corrected chi connectivity index (χ3v) is 2.45. The minimum Gasteiger partial charge on any atom is -0.388 e. The number of halogens is 3. The molecule has 0 aliphatic heterocycles. The number of rotatable bonds is 3. The zero-order valence-corrected chi connectivity index (χ0v) is 9.44. The van der Waals surface area contributed by atoms with Gasteiger partial charge in [-0.3, -0.25) is 4.68 Å². The van der Waals surface area contributed by atoms with Crippen molar-refractivity contribution in [3.8, 4) is 0 Å². The molecule has 1 heterocycles. The van der Waals surface area contributed by atoms with Gasteiger partial charge in [0, 0.05) is 31.3 Å². The molecule has 0 fully saturated rings. The van der Waals surface area contributed by atoms with Crippen LogP contribution in [0.25, 0.3) is 0 Å². The Labute approximate surface area is 101 Å². The minimum atomic E-state index is -1.31. The summed E-state index contributed by atoms with van der Waals surface area (Å²) in [5.74, 6) is -3.49. The van der Waals surface area contributed by atoms with E-state index in [1.807, 2.05) is 0 Å². The van der Waals surface area contributed by atoms with Crippen LogP contribution < -0.4 is 0 Å². The van der Waals surface area contributed by atoms with Gasteiger partial charge in [0.05, 0.1) is 11.8 Å². The average Bonchev–Trinajstić information content (AvgIpc) is 2.69. The lowest BCUT2D eigenvalue weighted by Gasteiger charge is -2.10. The van der Waals surface area contributed by atoms with E-state index in [1.165, 1.54) is 4.68 Å². The summed E-state index contributed by atoms with van der Waals surface area (Å²) in [5, 5.41) is 17.1. The van der Waals surface area contributed by atoms with Crippen LogP contribution in [0.2, 0.25) is 0 Å². The Morgan fingerprint density at radius 2 is 1.89 bits per heavy atom. The highest BCUT2D eigenvalue weighted by Gasteiger charge is 2.18. The molecule has 18 heavy (non-hydrogen) atoms. The summed E-state index contributed by atoms with van der Waals surface area (Å²) in [5.41, 5.74) is 0.119. The highest BCUT2D eigenvalue weighted by atomic mass is 19.2. The molecule has 0 amide bonds. The predicted molar refractivity (Wildman–Crippen MR) is 56.0 cm³/mol. The Morgan fingerprint density at radius 1 is 1.22 bits per heavy atom. The first-order valence-electron chi connectivity index (χ1n) is 5.15. The number of nitrogens with zero attached hydrogens (tertiary/aromatic N) is 3. The molecule has 0 radical (unpaired) electrons. The molecule has 96 valence electrons. The fourth-order valence-electron chi connectivity index (χ4n) is 1.59. The molecule has 1 aromatic heterocycles. The van der Waals surface area contributed by atoms with E-state index in [4.69, 9.17) is 0 Å². The Kier molecular flexibility index (Phi) is 3.33. The van der Waals surface area contributed by atoms with Gasteiger partial charge in [-0.05, 0) is 6.07 Å². The van der Waals surface area contributed by atoms with E-state index < -0.39 is 23.6 Å². The molecule has 0 aliphatic carbocycles. The summed E-state index contributed by atoms with van der Waals surface area (Å²) < 4.78 is 40.5. The van der Waals surface area contributed by atoms with Gasteiger partial charge in [-0.25, -0.2) is 13.2 Å². The maximum atomic E-state index is 13.4. The maximum absolute atomic E-state index is 13.4. The predicted octanol–water partition coefficient (Wildman–Crippen LogP) is 1.51. The Hall–Kier alpha value is -1.89. The van der Waals surface area contributed by atoms with Gasteiger partial charge >= 0.3 is 0 Å². The lowest BCUT2D eigenvalue weighted by Crippen LogP contribution is -2.06. The molecule has 0 spiro atoms. The molecule has 7 heteroatoms. The zero-order valence-electron chi connectivity index (χ0n) is 9.44. The molecule has 1 N–H and O–H groups in total. The van der Waals surface area contributed by atoms with E-state index in [-0.39, 0.29) is 12.0 Å². The number of benzene rings is 1. The summed E-state index contributed by atoms with van der Waals surface area (Å²) in [6.45, 7) is 0. The Morgan fingerprint density at radius 3 is 2.50 bits per heavy atom. The van der Waals surface area contributed by atoms with Crippen LogP contribution in [0.3, 0.4) is 0 Å². The Balaban J connectivity index is 2.23. The van der Waals surface area contributed by atoms with Gasteiger partial charge in [0.15, 0.2) is 11.6 Å². The number of aliphatic hydroxyl groups excluding tert-OH is 1. The number of hydrogen-bond donors (Lipinski definition) is 1. The number of aryl methyl sites for hydroxylation is 1. The largest absolute Gasteiger partial charge is 0.388 e. The molecular weight excluding hydrogens is 247 g/mol. The normalized spacial score (nSPS) is 12.7. The lowest BCUT2D eigenvalue weighted by atomic mass is 10.0. The number of aromatic nitrogens is 3. The van der Waals surface area contributed by atoms with Gasteiger partial charge in [0.25, 0.3) is 0 Å². The summed E-state index contributed by atoms with van der Waals surface area (Å²) in [6.07, 6.45) is 0.202. The van der Waals surface area contributed by atoms with E-state index in [2.05, 4.69) is 10.3 Å². The molecule has 1 aromatic carbocycles. The van der Waals surface area contributed by atoms with Gasteiger partial charge in [-0.1, -0.05) is 5.21 Å². The molecule has 1 atom stereocenters. The van der Waals surface area contributed by atoms with Crippen LogP contribution in [0.1, 0.15) is 17.4 Å². The fourth-order valence-corrected chi connectivity index (χ4v) is 1.59. The third kappa shape index (κ3) is 2.51. The zero-order chi connectivity index (χ0) is 13.3. The molecule has 1 unspecified atom stereocenters. The van der Waals surface area contributed by atoms with Crippen LogP contribution in [0.4, 0.5) is 13.2 Å². The number of hydrogen-bond acceptors (Lipinski definition) is 3. The van der Waals surface area contributed by atoms with Crippen molar-refractivity contribution in [3.05, 3.63) is 47.0 Å². The molecular formula is C11H10F3N3O. The summed E-state index contributed by atoms with van der Waals surface area (Å²) in [4.78, 5) is 0. The SMILES string of the molecule is Cn1cc(CC(O)c2cc(F)c(F)cc2F)nn1. The smallest absolute Gasteiger partial charge is 0.161 e. The van der Waals surface area contributed by atoms with E-state index in [9.17, 15) is 18.3 Å². The molecule has 2 aromatic rings. The van der Waals surface area contributed by atoms with Crippen LogP contribution in [-0.4, -0.2) is 20.1 Å². The second-order valence-electron chi connectivity index (χ2n) is 3.89. The van der Waals surface area contributed by atoms with Crippen LogP contribution in [0.15, 0.2) is 18.3 Å². The Bertz CT molecular complexity index is 571. The van der Waals surface area contributed by atoms with Crippen molar-refractivity contribution in [2.75, 3.05) is 0 Å². The van der Waals surface area contributed by atoms with Gasteiger partial charge in [-0.2, -0.15) is 0 Å². The van der Waals surface area contributed by atoms with E-state index in [0.717, 1.165) is 0 Å². The monoisotopic (exact) mass is 257 g/mol. The fraction of sp³-hybridized carbons (Fsp3) is 0.273. The molecule has 0 saturated heterocycles. The maximum Gasteiger partial charge on any atom is 0.161 e. The first-order chi connectivity index (χ1) is 8.47. The molecule has 2 rings (SSSR count). The van der Waals surface area contributed by atoms with Gasteiger partial charge in [-0.15, -0.1) is 5.10 Å². The standard InChI is InChI=1S/C11H10F3N3O/c1-17-5-6(15-16-17)2-11(18)7-3-9(13)10(14)4-8(7)12/h3-5,11,18H,2H2,1H3. The quantitative estimate of drug-likeness (QED) is 0.848. The molecule has 0 bridgehead atoms. The van der Waals surface area contributed by atoms with Crippen LogP contribution in [-0.2, 0) is 13.5 Å².